The summed E-state index contributed by atoms with van der Waals surface area (Å²) in [7, 11) is 0. The average molecular weight is 194 g/mol. The molecule has 2 N–H and O–H groups in total. The molecule has 0 bridgehead atoms. The fraction of sp³-hybridized carbons (Fsp3) is 0.400. The lowest BCUT2D eigenvalue weighted by atomic mass is 10.2. The van der Waals surface area contributed by atoms with E-state index < -0.39 is 0 Å². The lowest BCUT2D eigenvalue weighted by Crippen LogP contribution is -2.11. The zero-order chi connectivity index (χ0) is 10.6. The molecule has 0 aliphatic rings. The van der Waals surface area contributed by atoms with Crippen LogP contribution in [0.2, 0.25) is 0 Å². The van der Waals surface area contributed by atoms with Crippen LogP contribution in [-0.4, -0.2) is 17.6 Å². The van der Waals surface area contributed by atoms with Crippen molar-refractivity contribution in [2.45, 2.75) is 20.4 Å². The zero-order valence-electron chi connectivity index (χ0n) is 8.41. The van der Waals surface area contributed by atoms with Crippen molar-refractivity contribution in [3.05, 3.63) is 29.1 Å². The summed E-state index contributed by atoms with van der Waals surface area (Å²) in [5.74, 6) is -0.389. The van der Waals surface area contributed by atoms with E-state index in [4.69, 9.17) is 10.5 Å². The Morgan fingerprint density at radius 3 is 2.86 bits per heavy atom. The number of carbonyl (C=O) groups excluding carboxylic acids is 1. The summed E-state index contributed by atoms with van der Waals surface area (Å²) < 4.78 is 4.87. The number of rotatable bonds is 3. The van der Waals surface area contributed by atoms with Gasteiger partial charge in [-0.3, -0.25) is 0 Å². The molecule has 0 atom stereocenters. The Labute approximate surface area is 83.1 Å². The quantitative estimate of drug-likeness (QED) is 0.730. The Balaban J connectivity index is 2.99. The molecule has 0 aliphatic heterocycles. The van der Waals surface area contributed by atoms with E-state index in [0.717, 1.165) is 5.56 Å². The van der Waals surface area contributed by atoms with Crippen LogP contribution in [-0.2, 0) is 11.3 Å². The van der Waals surface area contributed by atoms with Crippen molar-refractivity contribution >= 4 is 5.97 Å². The number of pyridine rings is 1. The summed E-state index contributed by atoms with van der Waals surface area (Å²) in [6.45, 7) is 4.26. The fourth-order valence-corrected chi connectivity index (χ4v) is 1.09. The van der Waals surface area contributed by atoms with Crippen LogP contribution in [0.15, 0.2) is 12.1 Å². The maximum Gasteiger partial charge on any atom is 0.357 e. The number of aryl methyl sites for hydroxylation is 1. The highest BCUT2D eigenvalue weighted by Crippen LogP contribution is 2.07. The summed E-state index contributed by atoms with van der Waals surface area (Å²) in [6.07, 6.45) is 0. The molecule has 0 saturated heterocycles. The minimum atomic E-state index is -0.389. The molecule has 4 nitrogen and oxygen atoms in total. The molecule has 0 fully saturated rings. The largest absolute Gasteiger partial charge is 0.461 e. The Bertz CT molecular complexity index is 337. The van der Waals surface area contributed by atoms with Gasteiger partial charge in [-0.1, -0.05) is 6.07 Å². The van der Waals surface area contributed by atoms with Gasteiger partial charge in [0.2, 0.25) is 0 Å². The lowest BCUT2D eigenvalue weighted by Gasteiger charge is -2.05. The summed E-state index contributed by atoms with van der Waals surface area (Å²) in [5, 5.41) is 0. The number of carbonyl (C=O) groups is 1. The van der Waals surface area contributed by atoms with Gasteiger partial charge in [0.05, 0.1) is 12.3 Å². The van der Waals surface area contributed by atoms with Gasteiger partial charge in [0.1, 0.15) is 0 Å². The van der Waals surface area contributed by atoms with Gasteiger partial charge in [-0.05, 0) is 25.5 Å². The van der Waals surface area contributed by atoms with Gasteiger partial charge in [-0.2, -0.15) is 0 Å². The number of nitrogens with zero attached hydrogens (tertiary/aromatic N) is 1. The van der Waals surface area contributed by atoms with Gasteiger partial charge in [0.25, 0.3) is 0 Å². The first-order valence-corrected chi connectivity index (χ1v) is 4.52. The highest BCUT2D eigenvalue weighted by atomic mass is 16.5. The summed E-state index contributed by atoms with van der Waals surface area (Å²) >= 11 is 0. The summed E-state index contributed by atoms with van der Waals surface area (Å²) in [4.78, 5) is 15.5. The first-order valence-electron chi connectivity index (χ1n) is 4.52. The molecule has 4 heteroatoms. The van der Waals surface area contributed by atoms with Crippen LogP contribution in [0, 0.1) is 6.92 Å². The second-order valence-electron chi connectivity index (χ2n) is 2.89. The number of aromatic nitrogens is 1. The predicted molar refractivity (Wildman–Crippen MR) is 52.8 cm³/mol. The van der Waals surface area contributed by atoms with E-state index in [2.05, 4.69) is 4.98 Å². The minimum absolute atomic E-state index is 0.326. The van der Waals surface area contributed by atoms with Crippen LogP contribution >= 0.6 is 0 Å². The van der Waals surface area contributed by atoms with Crippen LogP contribution in [0.4, 0.5) is 0 Å². The van der Waals surface area contributed by atoms with Crippen LogP contribution in [0.25, 0.3) is 0 Å². The maximum absolute atomic E-state index is 11.4. The number of esters is 1. The predicted octanol–water partition coefficient (Wildman–Crippen LogP) is 1.03. The van der Waals surface area contributed by atoms with Crippen LogP contribution < -0.4 is 5.73 Å². The first kappa shape index (κ1) is 10.7. The second-order valence-corrected chi connectivity index (χ2v) is 2.89. The average Bonchev–Trinajstić information content (AvgIpc) is 2.19. The Hall–Kier alpha value is -1.42. The van der Waals surface area contributed by atoms with E-state index in [1.165, 1.54) is 0 Å². The van der Waals surface area contributed by atoms with Crippen LogP contribution in [0.1, 0.15) is 28.7 Å². The van der Waals surface area contributed by atoms with E-state index in [-0.39, 0.29) is 5.97 Å². The topological polar surface area (TPSA) is 65.2 Å². The first-order chi connectivity index (χ1) is 6.69. The standard InChI is InChI=1S/C10H14N2O2/c1-3-14-10(13)9-7(2)4-5-8(6-11)12-9/h4-5H,3,6,11H2,1-2H3. The smallest absolute Gasteiger partial charge is 0.357 e. The van der Waals surface area contributed by atoms with Crippen molar-refractivity contribution in [1.29, 1.82) is 0 Å². The second kappa shape index (κ2) is 4.72. The number of nitrogens with two attached hydrogens (primary N) is 1. The van der Waals surface area contributed by atoms with E-state index >= 15 is 0 Å². The van der Waals surface area contributed by atoms with Crippen molar-refractivity contribution in [2.24, 2.45) is 5.73 Å². The normalized spacial score (nSPS) is 9.93. The van der Waals surface area contributed by atoms with E-state index in [9.17, 15) is 4.79 Å². The van der Waals surface area contributed by atoms with Crippen molar-refractivity contribution in [3.8, 4) is 0 Å². The van der Waals surface area contributed by atoms with Crippen LogP contribution in [0.3, 0.4) is 0 Å². The molecule has 14 heavy (non-hydrogen) atoms. The van der Waals surface area contributed by atoms with Crippen molar-refractivity contribution in [3.63, 3.8) is 0 Å². The molecule has 1 aromatic heterocycles. The highest BCUT2D eigenvalue weighted by Gasteiger charge is 2.11. The molecule has 0 radical (unpaired) electrons. The molecule has 76 valence electrons. The van der Waals surface area contributed by atoms with E-state index in [1.54, 1.807) is 13.0 Å². The molecule has 0 amide bonds. The molecule has 1 aromatic rings. The Morgan fingerprint density at radius 1 is 1.57 bits per heavy atom. The Morgan fingerprint density at radius 2 is 2.29 bits per heavy atom. The fourth-order valence-electron chi connectivity index (χ4n) is 1.09. The third-order valence-electron chi connectivity index (χ3n) is 1.83. The molecule has 1 heterocycles. The summed E-state index contributed by atoms with van der Waals surface area (Å²) in [6, 6.07) is 3.62. The third-order valence-corrected chi connectivity index (χ3v) is 1.83. The van der Waals surface area contributed by atoms with E-state index in [1.807, 2.05) is 13.0 Å². The molecule has 0 aromatic carbocycles. The number of hydrogen-bond donors (Lipinski definition) is 1. The SMILES string of the molecule is CCOC(=O)c1nc(CN)ccc1C. The van der Waals surface area contributed by atoms with Crippen molar-refractivity contribution in [2.75, 3.05) is 6.61 Å². The summed E-state index contributed by atoms with van der Waals surface area (Å²) in [5.41, 5.74) is 7.28. The monoisotopic (exact) mass is 194 g/mol. The van der Waals surface area contributed by atoms with Crippen LogP contribution in [0.5, 0.6) is 0 Å². The maximum atomic E-state index is 11.4. The van der Waals surface area contributed by atoms with Crippen molar-refractivity contribution in [1.82, 2.24) is 4.98 Å². The number of hydrogen-bond acceptors (Lipinski definition) is 4. The van der Waals surface area contributed by atoms with Gasteiger partial charge in [-0.25, -0.2) is 9.78 Å². The molecular formula is C10H14N2O2. The third kappa shape index (κ3) is 2.29. The Kier molecular flexibility index (Phi) is 3.59. The molecule has 0 spiro atoms. The van der Waals surface area contributed by atoms with Gasteiger partial charge in [0.15, 0.2) is 5.69 Å². The molecular weight excluding hydrogens is 180 g/mol. The van der Waals surface area contributed by atoms with Gasteiger partial charge in [-0.15, -0.1) is 0 Å². The van der Waals surface area contributed by atoms with Gasteiger partial charge < -0.3 is 10.5 Å². The zero-order valence-corrected chi connectivity index (χ0v) is 8.41. The van der Waals surface area contributed by atoms with Crippen molar-refractivity contribution < 1.29 is 9.53 Å². The molecule has 0 unspecified atom stereocenters. The molecule has 0 saturated carbocycles. The van der Waals surface area contributed by atoms with Gasteiger partial charge in [0, 0.05) is 6.54 Å². The highest BCUT2D eigenvalue weighted by molar-refractivity contribution is 5.88. The molecule has 1 rings (SSSR count). The van der Waals surface area contributed by atoms with E-state index in [0.29, 0.717) is 24.5 Å². The molecule has 0 aliphatic carbocycles. The minimum Gasteiger partial charge on any atom is -0.461 e. The number of ether oxygens (including phenoxy) is 1. The lowest BCUT2D eigenvalue weighted by molar-refractivity contribution is 0.0518. The van der Waals surface area contributed by atoms with Gasteiger partial charge >= 0.3 is 5.97 Å².